The average molecular weight is 1300 g/mol. The lowest BCUT2D eigenvalue weighted by atomic mass is 9.79. The van der Waals surface area contributed by atoms with Crippen LogP contribution in [0, 0.1) is 59.2 Å². The molecule has 0 saturated heterocycles. The van der Waals surface area contributed by atoms with Crippen LogP contribution in [0.25, 0.3) is 0 Å². The molecule has 0 spiro atoms. The topological polar surface area (TPSA) is 253 Å². The Morgan fingerprint density at radius 3 is 0.522 bits per heavy atom. The molecule has 0 bridgehead atoms. The maximum Gasteiger partial charge on any atom is 0.307 e. The van der Waals surface area contributed by atoms with Crippen molar-refractivity contribution < 1.29 is 39.6 Å². The number of hydrogen-bond donors (Lipinski definition) is 8. The smallest absolute Gasteiger partial charge is 0.307 e. The van der Waals surface area contributed by atoms with E-state index >= 15 is 0 Å². The lowest BCUT2D eigenvalue weighted by molar-refractivity contribution is -0.160. The number of unbranched alkanes of at least 4 members (excludes halogenated alkanes) is 28. The minimum absolute atomic E-state index is 0.875. The predicted molar refractivity (Wildman–Crippen MR) is 392 cm³/mol. The Bertz CT molecular complexity index is 1410. The Balaban J connectivity index is 0.00000113. The molecule has 92 heavy (non-hydrogen) atoms. The summed E-state index contributed by atoms with van der Waals surface area (Å²) in [6.45, 7) is 12.9. The van der Waals surface area contributed by atoms with Crippen LogP contribution in [-0.4, -0.2) is 70.5 Å². The van der Waals surface area contributed by atoms with Crippen molar-refractivity contribution in [1.82, 2.24) is 0 Å². The summed E-state index contributed by atoms with van der Waals surface area (Å²) in [6.07, 6.45) is 79.3. The first-order chi connectivity index (χ1) is 44.7. The van der Waals surface area contributed by atoms with E-state index in [9.17, 15) is 19.2 Å². The first-order valence-corrected chi connectivity index (χ1v) is 40.4. The molecule has 4 fully saturated rings. The fourth-order valence-corrected chi connectivity index (χ4v) is 15.4. The number of hydrogen-bond acceptors (Lipinski definition) is 8. The summed E-state index contributed by atoms with van der Waals surface area (Å²) in [5.74, 6) is -1.25. The molecule has 2 atom stereocenters. The van der Waals surface area contributed by atoms with E-state index in [1.54, 1.807) is 0 Å². The Labute approximate surface area is 569 Å². The number of nitrogens with two attached hydrogens (primary N) is 4. The van der Waals surface area contributed by atoms with Crippen LogP contribution < -0.4 is 22.9 Å². The van der Waals surface area contributed by atoms with E-state index in [1.807, 2.05) is 0 Å². The summed E-state index contributed by atoms with van der Waals surface area (Å²) in [4.78, 5) is 41.9. The van der Waals surface area contributed by atoms with Gasteiger partial charge in [0.1, 0.15) is 0 Å². The minimum Gasteiger partial charge on any atom is -0.481 e. The molecule has 4 saturated carbocycles. The van der Waals surface area contributed by atoms with Gasteiger partial charge in [0.05, 0.1) is 24.7 Å². The first kappa shape index (κ1) is 89.7. The van der Waals surface area contributed by atoms with Gasteiger partial charge in [-0.25, -0.2) is 0 Å². The second-order valence-electron chi connectivity index (χ2n) is 29.9. The lowest BCUT2D eigenvalue weighted by Crippen LogP contribution is -2.33. The van der Waals surface area contributed by atoms with Gasteiger partial charge in [-0.2, -0.15) is 0 Å². The van der Waals surface area contributed by atoms with Gasteiger partial charge in [-0.05, 0) is 99.2 Å². The van der Waals surface area contributed by atoms with Gasteiger partial charge < -0.3 is 43.4 Å². The zero-order chi connectivity index (χ0) is 67.9. The Kier molecular flexibility index (Phi) is 64.3. The van der Waals surface area contributed by atoms with Crippen LogP contribution >= 0.6 is 0 Å². The Morgan fingerprint density at radius 2 is 0.391 bits per heavy atom. The average Bonchev–Trinajstić information content (AvgIpc) is 1.66. The zero-order valence-corrected chi connectivity index (χ0v) is 61.3. The van der Waals surface area contributed by atoms with E-state index in [4.69, 9.17) is 43.4 Å². The van der Waals surface area contributed by atoms with Gasteiger partial charge in [0.25, 0.3) is 0 Å². The molecule has 0 aromatic carbocycles. The van der Waals surface area contributed by atoms with E-state index < -0.39 is 48.6 Å². The van der Waals surface area contributed by atoms with Crippen LogP contribution in [0.15, 0.2) is 0 Å². The van der Waals surface area contributed by atoms with Crippen molar-refractivity contribution in [3.05, 3.63) is 0 Å². The highest BCUT2D eigenvalue weighted by Gasteiger charge is 2.37. The summed E-state index contributed by atoms with van der Waals surface area (Å²) in [5, 5.41) is 34.1. The zero-order valence-electron chi connectivity index (χ0n) is 61.3. The van der Waals surface area contributed by atoms with Crippen LogP contribution in [0.5, 0.6) is 0 Å². The Morgan fingerprint density at radius 1 is 0.250 bits per heavy atom. The Hall–Kier alpha value is -2.28. The van der Waals surface area contributed by atoms with E-state index in [0.717, 1.165) is 73.5 Å². The molecule has 4 aliphatic rings. The number of rotatable bonds is 51. The lowest BCUT2D eigenvalue weighted by Gasteiger charge is -2.27. The van der Waals surface area contributed by atoms with E-state index in [1.165, 1.54) is 360 Å². The minimum atomic E-state index is -1.76. The third kappa shape index (κ3) is 54.8. The van der Waals surface area contributed by atoms with Crippen molar-refractivity contribution in [2.45, 2.75) is 400 Å². The normalized spacial score (nSPS) is 22.0. The fraction of sp³-hybridized carbons (Fsp3) is 0.950. The van der Waals surface area contributed by atoms with Gasteiger partial charge in [0.2, 0.25) is 0 Å². The highest BCUT2D eigenvalue weighted by molar-refractivity contribution is 5.86. The van der Waals surface area contributed by atoms with E-state index in [-0.39, 0.29) is 0 Å². The molecular weight excluding hydrogens is 1140 g/mol. The number of carboxylic acids is 4. The molecule has 4 aliphatic carbocycles. The van der Waals surface area contributed by atoms with Crippen LogP contribution in [0.4, 0.5) is 0 Å². The fourth-order valence-electron chi connectivity index (χ4n) is 15.4. The summed E-state index contributed by atoms with van der Waals surface area (Å²) in [5.41, 5.74) is 22.0. The summed E-state index contributed by atoms with van der Waals surface area (Å²) >= 11 is 0. The van der Waals surface area contributed by atoms with Gasteiger partial charge >= 0.3 is 23.9 Å². The quantitative estimate of drug-likeness (QED) is 0.0265. The summed E-state index contributed by atoms with van der Waals surface area (Å²) < 4.78 is 0. The van der Waals surface area contributed by atoms with Gasteiger partial charge in [-0.1, -0.05) is 362 Å². The molecule has 0 amide bonds. The summed E-state index contributed by atoms with van der Waals surface area (Å²) in [7, 11) is 0. The van der Waals surface area contributed by atoms with Gasteiger partial charge in [-0.3, -0.25) is 19.2 Å². The maximum absolute atomic E-state index is 10.6. The SMILES string of the molecule is CCC1CCC(CCCCCCCCCCN)CC1.CCC1CCC(CCCCCCCCCCN)CC1.CCC1CCC(CCCCCCCCCCN)CC1.CCC1CCC(CCCCCCCCCCN)CC1.O=C(O)CC(C(=O)O)C(CC(=O)O)C(=O)O. The van der Waals surface area contributed by atoms with Crippen LogP contribution in [-0.2, 0) is 19.2 Å². The molecule has 0 radical (unpaired) electrons. The number of carboxylic acid groups (broad SMARTS) is 4. The van der Waals surface area contributed by atoms with Crippen LogP contribution in [0.3, 0.4) is 0 Å². The largest absolute Gasteiger partial charge is 0.481 e. The molecule has 12 N–H and O–H groups in total. The van der Waals surface area contributed by atoms with Gasteiger partial charge in [0, 0.05) is 0 Å². The summed E-state index contributed by atoms with van der Waals surface area (Å²) in [6, 6.07) is 0. The van der Waals surface area contributed by atoms with Crippen molar-refractivity contribution in [3.63, 3.8) is 0 Å². The molecule has 4 rings (SSSR count). The van der Waals surface area contributed by atoms with Crippen molar-refractivity contribution in [1.29, 1.82) is 0 Å². The van der Waals surface area contributed by atoms with E-state index in [0.29, 0.717) is 0 Å². The molecule has 0 aliphatic heterocycles. The molecular formula is C80H158N4O8. The standard InChI is InChI=1S/4C18H37N.C8H10O8/c4*1-2-17-12-14-18(15-13-17)11-9-7-5-3-4-6-8-10-16-19;9-5(10)1-3(7(13)14)4(8(15)16)2-6(11)12/h4*17-18H,2-16,19H2,1H3;3-4H,1-2H2,(H,9,10)(H,11,12)(H,13,14)(H,15,16). The molecule has 0 heterocycles. The second-order valence-corrected chi connectivity index (χ2v) is 29.9. The second kappa shape index (κ2) is 66.0. The molecule has 0 aromatic heterocycles. The van der Waals surface area contributed by atoms with Crippen LogP contribution in [0.2, 0.25) is 0 Å². The highest BCUT2D eigenvalue weighted by atomic mass is 16.4. The van der Waals surface area contributed by atoms with Gasteiger partial charge in [-0.15, -0.1) is 0 Å². The third-order valence-corrected chi connectivity index (χ3v) is 22.3. The molecule has 546 valence electrons. The van der Waals surface area contributed by atoms with E-state index in [2.05, 4.69) is 27.7 Å². The highest BCUT2D eigenvalue weighted by Crippen LogP contribution is 2.37. The molecule has 2 unspecified atom stereocenters. The molecule has 12 nitrogen and oxygen atoms in total. The predicted octanol–water partition coefficient (Wildman–Crippen LogP) is 22.0. The van der Waals surface area contributed by atoms with Crippen molar-refractivity contribution in [2.24, 2.45) is 82.1 Å². The van der Waals surface area contributed by atoms with Crippen LogP contribution in [0.1, 0.15) is 400 Å². The molecule has 12 heteroatoms. The van der Waals surface area contributed by atoms with Crippen molar-refractivity contribution in [3.8, 4) is 0 Å². The number of carbonyl (C=O) groups is 4. The monoisotopic (exact) mass is 1300 g/mol. The number of aliphatic carboxylic acids is 4. The third-order valence-electron chi connectivity index (χ3n) is 22.3. The van der Waals surface area contributed by atoms with Crippen molar-refractivity contribution in [2.75, 3.05) is 26.2 Å². The first-order valence-electron chi connectivity index (χ1n) is 40.4. The molecule has 0 aromatic rings. The van der Waals surface area contributed by atoms with Gasteiger partial charge in [0.15, 0.2) is 0 Å². The maximum atomic E-state index is 10.6. The van der Waals surface area contributed by atoms with Crippen molar-refractivity contribution >= 4 is 23.9 Å².